The Morgan fingerprint density at radius 3 is 2.25 bits per heavy atom. The molecule has 0 spiro atoms. The molecule has 1 aliphatic rings. The summed E-state index contributed by atoms with van der Waals surface area (Å²) < 4.78 is 10.6. The van der Waals surface area contributed by atoms with Crippen LogP contribution in [0.4, 0.5) is 5.69 Å². The molecule has 1 fully saturated rings. The number of likely N-dealkylation sites (N-methyl/N-ethyl adjacent to an activating group) is 1. The first kappa shape index (κ1) is 24.8. The van der Waals surface area contributed by atoms with Gasteiger partial charge in [0.15, 0.2) is 12.4 Å². The van der Waals surface area contributed by atoms with Crippen LogP contribution in [0.25, 0.3) is 11.1 Å². The highest BCUT2D eigenvalue weighted by Crippen LogP contribution is 2.20. The minimum absolute atomic E-state index is 0.0958. The van der Waals surface area contributed by atoms with Gasteiger partial charge < -0.3 is 19.7 Å². The van der Waals surface area contributed by atoms with Gasteiger partial charge in [-0.3, -0.25) is 14.4 Å². The van der Waals surface area contributed by atoms with E-state index in [0.29, 0.717) is 24.4 Å². The summed E-state index contributed by atoms with van der Waals surface area (Å²) >= 11 is 0. The first-order chi connectivity index (χ1) is 17.4. The van der Waals surface area contributed by atoms with Crippen LogP contribution < -0.4 is 5.32 Å². The molecule has 36 heavy (non-hydrogen) atoms. The second kappa shape index (κ2) is 11.4. The Kier molecular flexibility index (Phi) is 7.87. The van der Waals surface area contributed by atoms with Crippen LogP contribution in [0.2, 0.25) is 0 Å². The first-order valence-corrected chi connectivity index (χ1v) is 11.5. The smallest absolute Gasteiger partial charge is 0.338 e. The summed E-state index contributed by atoms with van der Waals surface area (Å²) in [5.74, 6) is -1.55. The Balaban J connectivity index is 1.26. The zero-order chi connectivity index (χ0) is 25.5. The average Bonchev–Trinajstić information content (AvgIpc) is 2.90. The van der Waals surface area contributed by atoms with Gasteiger partial charge >= 0.3 is 5.97 Å². The number of nitrogens with one attached hydrogen (secondary N) is 1. The van der Waals surface area contributed by atoms with Crippen LogP contribution in [0, 0.1) is 0 Å². The normalized spacial score (nSPS) is 15.3. The van der Waals surface area contributed by atoms with Crippen LogP contribution in [0.3, 0.4) is 0 Å². The summed E-state index contributed by atoms with van der Waals surface area (Å²) in [4.78, 5) is 50.7. The van der Waals surface area contributed by atoms with Gasteiger partial charge in [0.25, 0.3) is 5.91 Å². The number of rotatable bonds is 8. The molecule has 1 N–H and O–H groups in total. The summed E-state index contributed by atoms with van der Waals surface area (Å²) in [6.07, 6.45) is -0.897. The van der Waals surface area contributed by atoms with E-state index in [1.807, 2.05) is 42.5 Å². The molecule has 0 aliphatic carbocycles. The monoisotopic (exact) mass is 486 g/mol. The van der Waals surface area contributed by atoms with Crippen LogP contribution in [0.15, 0.2) is 78.9 Å². The Labute approximate surface area is 208 Å². The molecule has 184 valence electrons. The van der Waals surface area contributed by atoms with E-state index >= 15 is 0 Å². The SMILES string of the molecule is CN1CCOC(CC(=O)Nc2ccc(C(=O)OCC(=O)c3ccc(-c4ccccc4)cc3)cc2)C1=O. The van der Waals surface area contributed by atoms with Crippen LogP contribution in [0.1, 0.15) is 27.1 Å². The van der Waals surface area contributed by atoms with Gasteiger partial charge in [-0.15, -0.1) is 0 Å². The number of morpholine rings is 1. The lowest BCUT2D eigenvalue weighted by molar-refractivity contribution is -0.153. The summed E-state index contributed by atoms with van der Waals surface area (Å²) in [6, 6.07) is 23.0. The van der Waals surface area contributed by atoms with Crippen molar-refractivity contribution in [3.63, 3.8) is 0 Å². The molecular weight excluding hydrogens is 460 g/mol. The van der Waals surface area contributed by atoms with Crippen molar-refractivity contribution in [2.45, 2.75) is 12.5 Å². The van der Waals surface area contributed by atoms with Crippen molar-refractivity contribution in [3.05, 3.63) is 90.0 Å². The van der Waals surface area contributed by atoms with E-state index in [0.717, 1.165) is 11.1 Å². The maximum Gasteiger partial charge on any atom is 0.338 e. The van der Waals surface area contributed by atoms with Gasteiger partial charge in [0, 0.05) is 24.8 Å². The van der Waals surface area contributed by atoms with Gasteiger partial charge in [0.2, 0.25) is 5.91 Å². The minimum atomic E-state index is -0.801. The van der Waals surface area contributed by atoms with Gasteiger partial charge in [-0.25, -0.2) is 4.79 Å². The number of hydrogen-bond donors (Lipinski definition) is 1. The number of carbonyl (C=O) groups excluding carboxylic acids is 4. The maximum atomic E-state index is 12.4. The number of carbonyl (C=O) groups is 4. The Morgan fingerprint density at radius 1 is 0.917 bits per heavy atom. The minimum Gasteiger partial charge on any atom is -0.454 e. The topological polar surface area (TPSA) is 102 Å². The van der Waals surface area contributed by atoms with E-state index < -0.39 is 12.1 Å². The molecule has 0 saturated carbocycles. The summed E-state index contributed by atoms with van der Waals surface area (Å²) in [5, 5.41) is 2.68. The fourth-order valence-electron chi connectivity index (χ4n) is 3.75. The zero-order valence-electron chi connectivity index (χ0n) is 19.8. The van der Waals surface area contributed by atoms with Gasteiger partial charge in [-0.2, -0.15) is 0 Å². The highest BCUT2D eigenvalue weighted by Gasteiger charge is 2.29. The Morgan fingerprint density at radius 2 is 1.56 bits per heavy atom. The first-order valence-electron chi connectivity index (χ1n) is 11.5. The van der Waals surface area contributed by atoms with Gasteiger partial charge in [-0.1, -0.05) is 54.6 Å². The Hall–Kier alpha value is -4.30. The molecule has 0 aromatic heterocycles. The number of nitrogens with zero attached hydrogens (tertiary/aromatic N) is 1. The van der Waals surface area contributed by atoms with Crippen LogP contribution >= 0.6 is 0 Å². The largest absolute Gasteiger partial charge is 0.454 e. The van der Waals surface area contributed by atoms with Crippen molar-refractivity contribution in [3.8, 4) is 11.1 Å². The number of ether oxygens (including phenoxy) is 2. The lowest BCUT2D eigenvalue weighted by atomic mass is 10.0. The summed E-state index contributed by atoms with van der Waals surface area (Å²) in [6.45, 7) is 0.505. The molecular formula is C28H26N2O6. The third kappa shape index (κ3) is 6.22. The molecule has 2 amide bonds. The van der Waals surface area contributed by atoms with E-state index in [1.165, 1.54) is 17.0 Å². The van der Waals surface area contributed by atoms with Crippen LogP contribution in [0.5, 0.6) is 0 Å². The van der Waals surface area contributed by atoms with Crippen molar-refractivity contribution in [2.75, 3.05) is 32.1 Å². The highest BCUT2D eigenvalue weighted by molar-refractivity contribution is 6.00. The third-order valence-electron chi connectivity index (χ3n) is 5.82. The lowest BCUT2D eigenvalue weighted by Gasteiger charge is -2.29. The molecule has 3 aromatic rings. The summed E-state index contributed by atoms with van der Waals surface area (Å²) in [5.41, 5.74) is 3.19. The van der Waals surface area contributed by atoms with Gasteiger partial charge in [0.05, 0.1) is 18.6 Å². The molecule has 1 aliphatic heterocycles. The third-order valence-corrected chi connectivity index (χ3v) is 5.82. The molecule has 4 rings (SSSR count). The maximum absolute atomic E-state index is 12.4. The Bertz CT molecular complexity index is 1240. The van der Waals surface area contributed by atoms with Crippen molar-refractivity contribution in [1.82, 2.24) is 4.90 Å². The van der Waals surface area contributed by atoms with Crippen LogP contribution in [-0.2, 0) is 19.1 Å². The fraction of sp³-hybridized carbons (Fsp3) is 0.214. The van der Waals surface area contributed by atoms with E-state index in [9.17, 15) is 19.2 Å². The van der Waals surface area contributed by atoms with E-state index in [1.54, 1.807) is 31.3 Å². The van der Waals surface area contributed by atoms with Crippen molar-refractivity contribution in [2.24, 2.45) is 0 Å². The van der Waals surface area contributed by atoms with Crippen molar-refractivity contribution in [1.29, 1.82) is 0 Å². The second-order valence-electron chi connectivity index (χ2n) is 8.39. The number of benzene rings is 3. The van der Waals surface area contributed by atoms with E-state index in [4.69, 9.17) is 9.47 Å². The number of amides is 2. The van der Waals surface area contributed by atoms with Crippen LogP contribution in [-0.4, -0.2) is 61.4 Å². The molecule has 1 heterocycles. The second-order valence-corrected chi connectivity index (χ2v) is 8.39. The number of hydrogen-bond acceptors (Lipinski definition) is 6. The van der Waals surface area contributed by atoms with Gasteiger partial charge in [0.1, 0.15) is 6.10 Å². The predicted octanol–water partition coefficient (Wildman–Crippen LogP) is 3.58. The lowest BCUT2D eigenvalue weighted by Crippen LogP contribution is -2.46. The van der Waals surface area contributed by atoms with E-state index in [-0.39, 0.29) is 36.2 Å². The predicted molar refractivity (Wildman–Crippen MR) is 134 cm³/mol. The van der Waals surface area contributed by atoms with E-state index in [2.05, 4.69) is 5.32 Å². The molecule has 1 atom stereocenters. The molecule has 0 radical (unpaired) electrons. The van der Waals surface area contributed by atoms with Crippen molar-refractivity contribution < 1.29 is 28.7 Å². The molecule has 3 aromatic carbocycles. The molecule has 8 heteroatoms. The number of ketones is 1. The molecule has 0 bridgehead atoms. The fourth-order valence-corrected chi connectivity index (χ4v) is 3.75. The molecule has 1 unspecified atom stereocenters. The average molecular weight is 487 g/mol. The number of Topliss-reactive ketones (excluding diaryl/α,β-unsaturated/α-hetero) is 1. The zero-order valence-corrected chi connectivity index (χ0v) is 19.8. The van der Waals surface area contributed by atoms with Crippen molar-refractivity contribution >= 4 is 29.3 Å². The highest BCUT2D eigenvalue weighted by atomic mass is 16.5. The quantitative estimate of drug-likeness (QED) is 0.386. The number of esters is 1. The number of anilines is 1. The summed E-state index contributed by atoms with van der Waals surface area (Å²) in [7, 11) is 1.67. The molecule has 8 nitrogen and oxygen atoms in total. The molecule has 1 saturated heterocycles. The standard InChI is InChI=1S/C28H26N2O6/c1-30-15-16-35-25(27(30)33)17-26(32)29-23-13-11-22(12-14-23)28(34)36-18-24(31)21-9-7-20(8-10-21)19-5-3-2-4-6-19/h2-14,25H,15-18H2,1H3,(H,29,32). The van der Waals surface area contributed by atoms with Gasteiger partial charge in [-0.05, 0) is 35.4 Å².